The molecule has 0 spiro atoms. The van der Waals surface area contributed by atoms with Gasteiger partial charge in [0.1, 0.15) is 11.7 Å². The minimum Gasteiger partial charge on any atom is -0.308 e. The van der Waals surface area contributed by atoms with Crippen LogP contribution in [-0.4, -0.2) is 17.8 Å². The van der Waals surface area contributed by atoms with Crippen LogP contribution in [0.15, 0.2) is 59.7 Å². The average Bonchev–Trinajstić information content (AvgIpc) is 2.91. The van der Waals surface area contributed by atoms with E-state index in [4.69, 9.17) is 0 Å². The van der Waals surface area contributed by atoms with Crippen LogP contribution in [0.2, 0.25) is 0 Å². The Bertz CT molecular complexity index is 759. The first-order valence-electron chi connectivity index (χ1n) is 6.91. The maximum Gasteiger partial charge on any atom is 0.324 e. The fourth-order valence-corrected chi connectivity index (χ4v) is 2.10. The Morgan fingerprint density at radius 1 is 1.04 bits per heavy atom. The topological polar surface area (TPSA) is 73.8 Å². The molecule has 0 aromatic heterocycles. The molecule has 0 radical (unpaired) electrons. The number of anilines is 2. The van der Waals surface area contributed by atoms with Crippen LogP contribution in [0.5, 0.6) is 0 Å². The van der Waals surface area contributed by atoms with Crippen LogP contribution in [0.1, 0.15) is 6.42 Å². The highest BCUT2D eigenvalue weighted by atomic mass is 19.1. The van der Waals surface area contributed by atoms with E-state index in [-0.39, 0.29) is 24.0 Å². The van der Waals surface area contributed by atoms with Gasteiger partial charge in [-0.2, -0.15) is 10.1 Å². The Kier molecular flexibility index (Phi) is 4.01. The highest BCUT2D eigenvalue weighted by Gasteiger charge is 2.26. The SMILES string of the molecule is O=C(NC1=NN(c2ccccc2)C(=O)C1)Nc1ccc(F)cc1. The molecular weight excluding hydrogens is 299 g/mol. The molecule has 23 heavy (non-hydrogen) atoms. The molecular formula is C16H13FN4O2. The molecule has 116 valence electrons. The molecule has 7 heteroatoms. The molecule has 1 aliphatic rings. The van der Waals surface area contributed by atoms with E-state index in [0.29, 0.717) is 11.4 Å². The van der Waals surface area contributed by atoms with Crippen molar-refractivity contribution in [1.29, 1.82) is 0 Å². The lowest BCUT2D eigenvalue weighted by Gasteiger charge is -2.10. The van der Waals surface area contributed by atoms with Crippen LogP contribution < -0.4 is 15.6 Å². The zero-order valence-electron chi connectivity index (χ0n) is 12.0. The molecule has 3 amide bonds. The number of hydrazone groups is 1. The molecule has 2 N–H and O–H groups in total. The van der Waals surface area contributed by atoms with E-state index in [1.54, 1.807) is 24.3 Å². The second-order valence-corrected chi connectivity index (χ2v) is 4.85. The lowest BCUT2D eigenvalue weighted by atomic mass is 10.3. The van der Waals surface area contributed by atoms with Gasteiger partial charge < -0.3 is 5.32 Å². The zero-order chi connectivity index (χ0) is 16.2. The predicted octanol–water partition coefficient (Wildman–Crippen LogP) is 2.70. The van der Waals surface area contributed by atoms with Crippen molar-refractivity contribution in [2.24, 2.45) is 5.10 Å². The van der Waals surface area contributed by atoms with Crippen molar-refractivity contribution >= 4 is 29.1 Å². The summed E-state index contributed by atoms with van der Waals surface area (Å²) in [6.45, 7) is 0. The van der Waals surface area contributed by atoms with Gasteiger partial charge in [-0.3, -0.25) is 10.1 Å². The minimum atomic E-state index is -0.543. The quantitative estimate of drug-likeness (QED) is 0.895. The number of carbonyl (C=O) groups is 2. The molecule has 0 saturated heterocycles. The Hall–Kier alpha value is -3.22. The number of para-hydroxylation sites is 1. The van der Waals surface area contributed by atoms with Gasteiger partial charge in [-0.25, -0.2) is 9.18 Å². The highest BCUT2D eigenvalue weighted by Crippen LogP contribution is 2.19. The number of hydrogen-bond donors (Lipinski definition) is 2. The van der Waals surface area contributed by atoms with Crippen LogP contribution in [0.25, 0.3) is 0 Å². The first-order chi connectivity index (χ1) is 11.1. The maximum atomic E-state index is 12.8. The average molecular weight is 312 g/mol. The van der Waals surface area contributed by atoms with Gasteiger partial charge in [0, 0.05) is 5.69 Å². The van der Waals surface area contributed by atoms with Gasteiger partial charge in [0.15, 0.2) is 0 Å². The molecule has 0 saturated carbocycles. The monoisotopic (exact) mass is 312 g/mol. The van der Waals surface area contributed by atoms with Crippen LogP contribution in [0.3, 0.4) is 0 Å². The summed E-state index contributed by atoms with van der Waals surface area (Å²) < 4.78 is 12.8. The van der Waals surface area contributed by atoms with Crippen molar-refractivity contribution in [3.63, 3.8) is 0 Å². The molecule has 6 nitrogen and oxygen atoms in total. The molecule has 0 atom stereocenters. The van der Waals surface area contributed by atoms with Gasteiger partial charge in [-0.15, -0.1) is 0 Å². The summed E-state index contributed by atoms with van der Waals surface area (Å²) in [5, 5.41) is 10.4. The summed E-state index contributed by atoms with van der Waals surface area (Å²) in [6, 6.07) is 13.7. The van der Waals surface area contributed by atoms with Crippen molar-refractivity contribution in [3.05, 3.63) is 60.4 Å². The first kappa shape index (κ1) is 14.7. The zero-order valence-corrected chi connectivity index (χ0v) is 12.0. The number of benzene rings is 2. The number of amides is 3. The smallest absolute Gasteiger partial charge is 0.308 e. The lowest BCUT2D eigenvalue weighted by Crippen LogP contribution is -2.33. The molecule has 0 bridgehead atoms. The Balaban J connectivity index is 1.65. The Morgan fingerprint density at radius 2 is 1.74 bits per heavy atom. The number of urea groups is 1. The maximum absolute atomic E-state index is 12.8. The fraction of sp³-hybridized carbons (Fsp3) is 0.0625. The third-order valence-electron chi connectivity index (χ3n) is 3.14. The van der Waals surface area contributed by atoms with E-state index >= 15 is 0 Å². The highest BCUT2D eigenvalue weighted by molar-refractivity contribution is 6.16. The number of amidine groups is 1. The van der Waals surface area contributed by atoms with Crippen molar-refractivity contribution in [2.75, 3.05) is 10.3 Å². The van der Waals surface area contributed by atoms with Gasteiger partial charge in [-0.1, -0.05) is 18.2 Å². The Morgan fingerprint density at radius 3 is 2.43 bits per heavy atom. The molecule has 2 aromatic rings. The van der Waals surface area contributed by atoms with Crippen LogP contribution >= 0.6 is 0 Å². The molecule has 3 rings (SSSR count). The number of nitrogens with zero attached hydrogens (tertiary/aromatic N) is 2. The second kappa shape index (κ2) is 6.27. The van der Waals surface area contributed by atoms with Gasteiger partial charge in [0.25, 0.3) is 5.91 Å². The Labute approximate surface area is 131 Å². The molecule has 0 fully saturated rings. The summed E-state index contributed by atoms with van der Waals surface area (Å²) in [5.41, 5.74) is 1.07. The van der Waals surface area contributed by atoms with Crippen molar-refractivity contribution in [3.8, 4) is 0 Å². The summed E-state index contributed by atoms with van der Waals surface area (Å²) in [6.07, 6.45) is 0.00569. The van der Waals surface area contributed by atoms with Gasteiger partial charge in [0.2, 0.25) is 0 Å². The van der Waals surface area contributed by atoms with Crippen LogP contribution in [-0.2, 0) is 4.79 Å². The van der Waals surface area contributed by atoms with E-state index in [2.05, 4.69) is 15.7 Å². The number of rotatable bonds is 2. The summed E-state index contributed by atoms with van der Waals surface area (Å²) in [5.74, 6) is -0.369. The second-order valence-electron chi connectivity index (χ2n) is 4.85. The van der Waals surface area contributed by atoms with Gasteiger partial charge in [0.05, 0.1) is 12.1 Å². The third-order valence-corrected chi connectivity index (χ3v) is 3.14. The molecule has 1 heterocycles. The largest absolute Gasteiger partial charge is 0.324 e. The van der Waals surface area contributed by atoms with Crippen molar-refractivity contribution in [2.45, 2.75) is 6.42 Å². The minimum absolute atomic E-state index is 0.00569. The molecule has 0 unspecified atom stereocenters. The first-order valence-corrected chi connectivity index (χ1v) is 6.91. The summed E-state index contributed by atoms with van der Waals surface area (Å²) in [4.78, 5) is 23.8. The molecule has 2 aromatic carbocycles. The van der Waals surface area contributed by atoms with E-state index in [1.165, 1.54) is 29.3 Å². The van der Waals surface area contributed by atoms with Gasteiger partial charge in [-0.05, 0) is 36.4 Å². The van der Waals surface area contributed by atoms with Gasteiger partial charge >= 0.3 is 6.03 Å². The predicted molar refractivity (Wildman–Crippen MR) is 84.5 cm³/mol. The number of carbonyl (C=O) groups excluding carboxylic acids is 2. The summed E-state index contributed by atoms with van der Waals surface area (Å²) >= 11 is 0. The lowest BCUT2D eigenvalue weighted by molar-refractivity contribution is -0.116. The van der Waals surface area contributed by atoms with E-state index in [9.17, 15) is 14.0 Å². The molecule has 0 aliphatic carbocycles. The van der Waals surface area contributed by atoms with Crippen molar-refractivity contribution in [1.82, 2.24) is 5.32 Å². The standard InChI is InChI=1S/C16H13FN4O2/c17-11-6-8-12(9-7-11)18-16(23)19-14-10-15(22)21(20-14)13-4-2-1-3-5-13/h1-9H,10H2,(H2,18,19,20,23). The number of halogens is 1. The number of nitrogens with one attached hydrogen (secondary N) is 2. The third kappa shape index (κ3) is 3.52. The van der Waals surface area contributed by atoms with Crippen LogP contribution in [0, 0.1) is 5.82 Å². The normalized spacial score (nSPS) is 13.7. The van der Waals surface area contributed by atoms with E-state index in [0.717, 1.165) is 0 Å². The van der Waals surface area contributed by atoms with E-state index < -0.39 is 6.03 Å². The molecule has 1 aliphatic heterocycles. The summed E-state index contributed by atoms with van der Waals surface area (Å²) in [7, 11) is 0. The fourth-order valence-electron chi connectivity index (χ4n) is 2.10. The van der Waals surface area contributed by atoms with Crippen LogP contribution in [0.4, 0.5) is 20.6 Å². The van der Waals surface area contributed by atoms with Crippen molar-refractivity contribution < 1.29 is 14.0 Å². The van der Waals surface area contributed by atoms with E-state index in [1.807, 2.05) is 6.07 Å². The number of hydrogen-bond acceptors (Lipinski definition) is 3.